The molecule has 0 saturated carbocycles. The molecule has 0 unspecified atom stereocenters. The van der Waals surface area contributed by atoms with Crippen LogP contribution in [0.4, 0.5) is 0 Å². The third-order valence-electron chi connectivity index (χ3n) is 3.70. The molecule has 1 N–H and O–H groups in total. The van der Waals surface area contributed by atoms with Crippen LogP contribution < -0.4 is 0 Å². The van der Waals surface area contributed by atoms with Gasteiger partial charge in [-0.15, -0.1) is 11.3 Å². The molecule has 1 heterocycles. The second kappa shape index (κ2) is 5.75. The fourth-order valence-corrected chi connectivity index (χ4v) is 3.76. The van der Waals surface area contributed by atoms with Crippen molar-refractivity contribution in [3.8, 4) is 10.6 Å². The van der Waals surface area contributed by atoms with Gasteiger partial charge in [-0.2, -0.15) is 0 Å². The van der Waals surface area contributed by atoms with Gasteiger partial charge >= 0.3 is 5.97 Å². The summed E-state index contributed by atoms with van der Waals surface area (Å²) in [4.78, 5) is 17.2. The number of carbonyl (C=O) groups is 1. The molecule has 104 valence electrons. The van der Waals surface area contributed by atoms with Crippen molar-refractivity contribution in [1.29, 1.82) is 0 Å². The van der Waals surface area contributed by atoms with E-state index in [1.165, 1.54) is 36.3 Å². The molecule has 2 aromatic rings. The van der Waals surface area contributed by atoms with Crippen molar-refractivity contribution in [2.24, 2.45) is 0 Å². The van der Waals surface area contributed by atoms with Crippen LogP contribution in [0.15, 0.2) is 24.3 Å². The van der Waals surface area contributed by atoms with E-state index in [0.717, 1.165) is 23.4 Å². The van der Waals surface area contributed by atoms with Gasteiger partial charge in [0.2, 0.25) is 0 Å². The Hall–Kier alpha value is -1.68. The van der Waals surface area contributed by atoms with Gasteiger partial charge in [-0.05, 0) is 37.8 Å². The van der Waals surface area contributed by atoms with Crippen LogP contribution >= 0.6 is 11.3 Å². The summed E-state index contributed by atoms with van der Waals surface area (Å²) in [5.41, 5.74) is 2.47. The number of aromatic nitrogens is 1. The molecule has 0 bridgehead atoms. The zero-order valence-electron chi connectivity index (χ0n) is 11.3. The SMILES string of the molecule is O=C(O)c1cccc(-c2nc3c(s2)CCCCCC3)c1. The number of aryl methyl sites for hydroxylation is 2. The molecule has 4 heteroatoms. The van der Waals surface area contributed by atoms with Crippen LogP contribution in [0.5, 0.6) is 0 Å². The van der Waals surface area contributed by atoms with Gasteiger partial charge in [0.1, 0.15) is 5.01 Å². The van der Waals surface area contributed by atoms with Crippen molar-refractivity contribution in [2.75, 3.05) is 0 Å². The number of fused-ring (bicyclic) bond motifs is 1. The van der Waals surface area contributed by atoms with Crippen LogP contribution in [0, 0.1) is 0 Å². The summed E-state index contributed by atoms with van der Waals surface area (Å²) in [6.45, 7) is 0. The molecule has 0 aliphatic heterocycles. The van der Waals surface area contributed by atoms with Crippen molar-refractivity contribution in [2.45, 2.75) is 38.5 Å². The molecule has 0 saturated heterocycles. The van der Waals surface area contributed by atoms with Crippen LogP contribution in [0.25, 0.3) is 10.6 Å². The maximum atomic E-state index is 11.1. The number of hydrogen-bond acceptors (Lipinski definition) is 3. The Kier molecular flexibility index (Phi) is 3.83. The molecule has 1 aliphatic carbocycles. The lowest BCUT2D eigenvalue weighted by Gasteiger charge is -2.06. The Morgan fingerprint density at radius 3 is 2.75 bits per heavy atom. The van der Waals surface area contributed by atoms with E-state index in [9.17, 15) is 4.79 Å². The Labute approximate surface area is 122 Å². The minimum absolute atomic E-state index is 0.324. The van der Waals surface area contributed by atoms with Crippen molar-refractivity contribution >= 4 is 17.3 Å². The van der Waals surface area contributed by atoms with E-state index in [-0.39, 0.29) is 0 Å². The molecule has 20 heavy (non-hydrogen) atoms. The molecule has 1 aromatic carbocycles. The minimum atomic E-state index is -0.887. The third-order valence-corrected chi connectivity index (χ3v) is 4.91. The fourth-order valence-electron chi connectivity index (χ4n) is 2.61. The van der Waals surface area contributed by atoms with Crippen molar-refractivity contribution in [3.63, 3.8) is 0 Å². The number of hydrogen-bond donors (Lipinski definition) is 1. The maximum Gasteiger partial charge on any atom is 0.335 e. The number of nitrogens with zero attached hydrogens (tertiary/aromatic N) is 1. The molecule has 0 radical (unpaired) electrons. The lowest BCUT2D eigenvalue weighted by molar-refractivity contribution is 0.0697. The summed E-state index contributed by atoms with van der Waals surface area (Å²) in [6.07, 6.45) is 7.23. The van der Waals surface area contributed by atoms with E-state index in [1.54, 1.807) is 29.5 Å². The van der Waals surface area contributed by atoms with Crippen LogP contribution in [-0.2, 0) is 12.8 Å². The smallest absolute Gasteiger partial charge is 0.335 e. The van der Waals surface area contributed by atoms with E-state index in [0.29, 0.717) is 5.56 Å². The second-order valence-electron chi connectivity index (χ2n) is 5.19. The summed E-state index contributed by atoms with van der Waals surface area (Å²) in [7, 11) is 0. The fraction of sp³-hybridized carbons (Fsp3) is 0.375. The molecular weight excluding hydrogens is 270 g/mol. The molecule has 0 atom stereocenters. The molecule has 3 rings (SSSR count). The molecule has 3 nitrogen and oxygen atoms in total. The number of carboxylic acids is 1. The lowest BCUT2D eigenvalue weighted by Crippen LogP contribution is -1.97. The van der Waals surface area contributed by atoms with Gasteiger partial charge in [-0.1, -0.05) is 25.0 Å². The molecule has 1 aliphatic rings. The molecule has 0 spiro atoms. The summed E-state index contributed by atoms with van der Waals surface area (Å²) in [5, 5.41) is 10.0. The summed E-state index contributed by atoms with van der Waals surface area (Å²) >= 11 is 1.73. The Morgan fingerprint density at radius 1 is 1.15 bits per heavy atom. The van der Waals surface area contributed by atoms with E-state index in [4.69, 9.17) is 10.1 Å². The van der Waals surface area contributed by atoms with E-state index in [1.807, 2.05) is 6.07 Å². The van der Waals surface area contributed by atoms with Crippen molar-refractivity contribution < 1.29 is 9.90 Å². The second-order valence-corrected chi connectivity index (χ2v) is 6.27. The van der Waals surface area contributed by atoms with Crippen LogP contribution in [0.2, 0.25) is 0 Å². The highest BCUT2D eigenvalue weighted by Gasteiger charge is 2.15. The first-order valence-electron chi connectivity index (χ1n) is 7.06. The maximum absolute atomic E-state index is 11.1. The summed E-state index contributed by atoms with van der Waals surface area (Å²) in [6, 6.07) is 7.07. The summed E-state index contributed by atoms with van der Waals surface area (Å²) < 4.78 is 0. The summed E-state index contributed by atoms with van der Waals surface area (Å²) in [5.74, 6) is -0.887. The van der Waals surface area contributed by atoms with Gasteiger partial charge in [0.15, 0.2) is 0 Å². The quantitative estimate of drug-likeness (QED) is 0.902. The van der Waals surface area contributed by atoms with Crippen LogP contribution in [-0.4, -0.2) is 16.1 Å². The largest absolute Gasteiger partial charge is 0.478 e. The Bertz CT molecular complexity index is 608. The van der Waals surface area contributed by atoms with Gasteiger partial charge < -0.3 is 5.11 Å². The first-order valence-corrected chi connectivity index (χ1v) is 7.88. The predicted molar refractivity (Wildman–Crippen MR) is 80.4 cm³/mol. The van der Waals surface area contributed by atoms with Crippen molar-refractivity contribution in [1.82, 2.24) is 4.98 Å². The van der Waals surface area contributed by atoms with Crippen molar-refractivity contribution in [3.05, 3.63) is 40.4 Å². The van der Waals surface area contributed by atoms with Gasteiger partial charge in [-0.25, -0.2) is 9.78 Å². The first-order chi connectivity index (χ1) is 9.74. The third kappa shape index (κ3) is 2.75. The molecular formula is C16H17NO2S. The van der Waals surface area contributed by atoms with E-state index in [2.05, 4.69) is 0 Å². The zero-order chi connectivity index (χ0) is 13.9. The Morgan fingerprint density at radius 2 is 1.95 bits per heavy atom. The Balaban J connectivity index is 1.96. The monoisotopic (exact) mass is 287 g/mol. The molecule has 0 amide bonds. The van der Waals surface area contributed by atoms with Crippen LogP contribution in [0.1, 0.15) is 46.6 Å². The first kappa shape index (κ1) is 13.3. The van der Waals surface area contributed by atoms with Crippen LogP contribution in [0.3, 0.4) is 0 Å². The predicted octanol–water partition coefficient (Wildman–Crippen LogP) is 4.17. The minimum Gasteiger partial charge on any atom is -0.478 e. The zero-order valence-corrected chi connectivity index (χ0v) is 12.1. The standard InChI is InChI=1S/C16H17NO2S/c18-16(19)12-7-5-6-11(10-12)15-17-13-8-3-1-2-4-9-14(13)20-15/h5-7,10H,1-4,8-9H2,(H,18,19). The highest BCUT2D eigenvalue weighted by molar-refractivity contribution is 7.15. The number of rotatable bonds is 2. The van der Waals surface area contributed by atoms with Gasteiger partial charge in [-0.3, -0.25) is 0 Å². The number of benzene rings is 1. The molecule has 1 aromatic heterocycles. The highest BCUT2D eigenvalue weighted by Crippen LogP contribution is 2.32. The van der Waals surface area contributed by atoms with E-state index >= 15 is 0 Å². The number of thiazole rings is 1. The normalized spacial score (nSPS) is 15.2. The average molecular weight is 287 g/mol. The average Bonchev–Trinajstić information content (AvgIpc) is 2.81. The van der Waals surface area contributed by atoms with Gasteiger partial charge in [0.05, 0.1) is 11.3 Å². The number of aromatic carboxylic acids is 1. The lowest BCUT2D eigenvalue weighted by atomic mass is 10.0. The van der Waals surface area contributed by atoms with Gasteiger partial charge in [0, 0.05) is 10.4 Å². The molecule has 0 fully saturated rings. The number of carboxylic acid groups (broad SMARTS) is 1. The van der Waals surface area contributed by atoms with E-state index < -0.39 is 5.97 Å². The topological polar surface area (TPSA) is 50.2 Å². The highest BCUT2D eigenvalue weighted by atomic mass is 32.1. The van der Waals surface area contributed by atoms with Gasteiger partial charge in [0.25, 0.3) is 0 Å².